The number of aromatic nitrogens is 4. The molecule has 2 heterocycles. The summed E-state index contributed by atoms with van der Waals surface area (Å²) in [6.45, 7) is 4.09. The number of rotatable bonds is 4. The molecular formula is C17H18N6O. The van der Waals surface area contributed by atoms with Crippen molar-refractivity contribution in [2.24, 2.45) is 0 Å². The number of carbonyl (C=O) groups excluding carboxylic acids is 1. The zero-order valence-corrected chi connectivity index (χ0v) is 13.5. The molecular weight excluding hydrogens is 304 g/mol. The van der Waals surface area contributed by atoms with E-state index in [9.17, 15) is 4.79 Å². The Hall–Kier alpha value is -3.22. The Morgan fingerprint density at radius 1 is 1.04 bits per heavy atom. The maximum atomic E-state index is 12.1. The molecule has 0 atom stereocenters. The topological polar surface area (TPSA) is 84.7 Å². The van der Waals surface area contributed by atoms with Crippen molar-refractivity contribution in [1.29, 1.82) is 0 Å². The first-order valence-electron chi connectivity index (χ1n) is 7.63. The summed E-state index contributed by atoms with van der Waals surface area (Å²) in [4.78, 5) is 16.5. The molecule has 24 heavy (non-hydrogen) atoms. The molecule has 0 spiro atoms. The number of carbonyl (C=O) groups is 1. The molecule has 0 saturated carbocycles. The largest absolute Gasteiger partial charge is 0.324 e. The lowest BCUT2D eigenvalue weighted by Crippen LogP contribution is -2.20. The molecule has 0 saturated heterocycles. The van der Waals surface area contributed by atoms with Gasteiger partial charge in [0.2, 0.25) is 0 Å². The van der Waals surface area contributed by atoms with Crippen molar-refractivity contribution >= 4 is 17.5 Å². The van der Waals surface area contributed by atoms with E-state index in [1.54, 1.807) is 12.4 Å². The molecule has 0 radical (unpaired) electrons. The number of pyridine rings is 1. The van der Waals surface area contributed by atoms with E-state index in [0.29, 0.717) is 23.0 Å². The van der Waals surface area contributed by atoms with Crippen molar-refractivity contribution < 1.29 is 4.79 Å². The smallest absolute Gasteiger partial charge is 0.310 e. The fourth-order valence-corrected chi connectivity index (χ4v) is 2.23. The number of para-hydroxylation sites is 1. The molecule has 0 aliphatic heterocycles. The summed E-state index contributed by atoms with van der Waals surface area (Å²) in [5.74, 6) is 1.11. The third-order valence-corrected chi connectivity index (χ3v) is 3.38. The predicted molar refractivity (Wildman–Crippen MR) is 92.7 cm³/mol. The summed E-state index contributed by atoms with van der Waals surface area (Å²) < 4.78 is 1.93. The standard InChI is InChI=1S/C17H18N6O/c1-12(2)23-11-18-22-16(23)14-9-6-10-15(20-14)21-17(24)19-13-7-4-3-5-8-13/h3-12H,1-2H3,(H2,19,20,21,24). The lowest BCUT2D eigenvalue weighted by Gasteiger charge is -2.11. The van der Waals surface area contributed by atoms with Crippen molar-refractivity contribution in [3.05, 3.63) is 54.9 Å². The van der Waals surface area contributed by atoms with E-state index in [1.165, 1.54) is 0 Å². The molecule has 0 bridgehead atoms. The maximum Gasteiger partial charge on any atom is 0.324 e. The molecule has 0 aliphatic carbocycles. The molecule has 7 heteroatoms. The Morgan fingerprint density at radius 3 is 2.58 bits per heavy atom. The first-order valence-corrected chi connectivity index (χ1v) is 7.63. The van der Waals surface area contributed by atoms with Crippen molar-refractivity contribution in [3.63, 3.8) is 0 Å². The van der Waals surface area contributed by atoms with Crippen molar-refractivity contribution in [2.75, 3.05) is 10.6 Å². The van der Waals surface area contributed by atoms with Crippen LogP contribution in [0, 0.1) is 0 Å². The molecule has 3 rings (SSSR count). The number of nitrogens with zero attached hydrogens (tertiary/aromatic N) is 4. The van der Waals surface area contributed by atoms with E-state index in [2.05, 4.69) is 25.8 Å². The number of anilines is 2. The van der Waals surface area contributed by atoms with Crippen LogP contribution in [-0.2, 0) is 0 Å². The summed E-state index contributed by atoms with van der Waals surface area (Å²) >= 11 is 0. The van der Waals surface area contributed by atoms with Gasteiger partial charge >= 0.3 is 6.03 Å². The number of nitrogens with one attached hydrogen (secondary N) is 2. The second-order valence-electron chi connectivity index (χ2n) is 5.51. The molecule has 1 aromatic carbocycles. The van der Waals surface area contributed by atoms with Gasteiger partial charge in [-0.2, -0.15) is 0 Å². The monoisotopic (exact) mass is 322 g/mol. The first-order chi connectivity index (χ1) is 11.6. The van der Waals surface area contributed by atoms with Gasteiger partial charge in [0.1, 0.15) is 17.8 Å². The van der Waals surface area contributed by atoms with Crippen LogP contribution in [0.4, 0.5) is 16.3 Å². The fraction of sp³-hybridized carbons (Fsp3) is 0.176. The van der Waals surface area contributed by atoms with E-state index in [1.807, 2.05) is 60.9 Å². The summed E-state index contributed by atoms with van der Waals surface area (Å²) in [7, 11) is 0. The number of hydrogen-bond acceptors (Lipinski definition) is 4. The first kappa shape index (κ1) is 15.7. The van der Waals surface area contributed by atoms with Gasteiger partial charge in [-0.25, -0.2) is 9.78 Å². The van der Waals surface area contributed by atoms with Crippen molar-refractivity contribution in [2.45, 2.75) is 19.9 Å². The van der Waals surface area contributed by atoms with Gasteiger partial charge in [0.05, 0.1) is 0 Å². The van der Waals surface area contributed by atoms with Gasteiger partial charge in [-0.3, -0.25) is 5.32 Å². The highest BCUT2D eigenvalue weighted by molar-refractivity contribution is 5.99. The molecule has 7 nitrogen and oxygen atoms in total. The molecule has 122 valence electrons. The fourth-order valence-electron chi connectivity index (χ4n) is 2.23. The summed E-state index contributed by atoms with van der Waals surface area (Å²) in [6, 6.07) is 14.5. The van der Waals surface area contributed by atoms with Crippen LogP contribution in [0.1, 0.15) is 19.9 Å². The van der Waals surface area contributed by atoms with Crippen LogP contribution in [0.25, 0.3) is 11.5 Å². The Balaban J connectivity index is 1.76. The molecule has 0 aliphatic rings. The second kappa shape index (κ2) is 6.91. The molecule has 0 fully saturated rings. The van der Waals surface area contributed by atoms with Crippen molar-refractivity contribution in [3.8, 4) is 11.5 Å². The summed E-state index contributed by atoms with van der Waals surface area (Å²) in [5.41, 5.74) is 1.37. The van der Waals surface area contributed by atoms with E-state index in [-0.39, 0.29) is 12.1 Å². The van der Waals surface area contributed by atoms with Gasteiger partial charge in [0.15, 0.2) is 5.82 Å². The van der Waals surface area contributed by atoms with Crippen LogP contribution in [0.15, 0.2) is 54.9 Å². The predicted octanol–water partition coefficient (Wildman–Crippen LogP) is 3.57. The van der Waals surface area contributed by atoms with Crippen LogP contribution in [0.3, 0.4) is 0 Å². The van der Waals surface area contributed by atoms with Gasteiger partial charge in [-0.1, -0.05) is 24.3 Å². The molecule has 2 N–H and O–H groups in total. The third kappa shape index (κ3) is 3.57. The minimum Gasteiger partial charge on any atom is -0.310 e. The van der Waals surface area contributed by atoms with Crippen LogP contribution in [0.5, 0.6) is 0 Å². The summed E-state index contributed by atoms with van der Waals surface area (Å²) in [5, 5.41) is 13.5. The molecule has 0 unspecified atom stereocenters. The third-order valence-electron chi connectivity index (χ3n) is 3.38. The SMILES string of the molecule is CC(C)n1cnnc1-c1cccc(NC(=O)Nc2ccccc2)n1. The Morgan fingerprint density at radius 2 is 1.83 bits per heavy atom. The highest BCUT2D eigenvalue weighted by Gasteiger charge is 2.12. The van der Waals surface area contributed by atoms with Crippen LogP contribution in [0.2, 0.25) is 0 Å². The van der Waals surface area contributed by atoms with E-state index >= 15 is 0 Å². The van der Waals surface area contributed by atoms with Crippen LogP contribution < -0.4 is 10.6 Å². The quantitative estimate of drug-likeness (QED) is 0.769. The van der Waals surface area contributed by atoms with Gasteiger partial charge < -0.3 is 9.88 Å². The van der Waals surface area contributed by atoms with Gasteiger partial charge in [0, 0.05) is 11.7 Å². The van der Waals surface area contributed by atoms with Crippen LogP contribution >= 0.6 is 0 Å². The van der Waals surface area contributed by atoms with E-state index in [0.717, 1.165) is 0 Å². The molecule has 2 amide bonds. The zero-order chi connectivity index (χ0) is 16.9. The van der Waals surface area contributed by atoms with Gasteiger partial charge in [-0.05, 0) is 38.1 Å². The van der Waals surface area contributed by atoms with E-state index in [4.69, 9.17) is 0 Å². The minimum absolute atomic E-state index is 0.217. The maximum absolute atomic E-state index is 12.1. The second-order valence-corrected chi connectivity index (χ2v) is 5.51. The average Bonchev–Trinajstić information content (AvgIpc) is 3.06. The minimum atomic E-state index is -0.351. The average molecular weight is 322 g/mol. The number of urea groups is 1. The van der Waals surface area contributed by atoms with Gasteiger partial charge in [-0.15, -0.1) is 10.2 Å². The molecule has 2 aromatic heterocycles. The van der Waals surface area contributed by atoms with Crippen molar-refractivity contribution in [1.82, 2.24) is 19.7 Å². The summed E-state index contributed by atoms with van der Waals surface area (Å²) in [6.07, 6.45) is 1.67. The van der Waals surface area contributed by atoms with Crippen LogP contribution in [-0.4, -0.2) is 25.8 Å². The highest BCUT2D eigenvalue weighted by atomic mass is 16.2. The number of benzene rings is 1. The normalized spacial score (nSPS) is 10.6. The number of amides is 2. The van der Waals surface area contributed by atoms with E-state index < -0.39 is 0 Å². The highest BCUT2D eigenvalue weighted by Crippen LogP contribution is 2.19. The Bertz CT molecular complexity index is 828. The van der Waals surface area contributed by atoms with Gasteiger partial charge in [0.25, 0.3) is 0 Å². The lowest BCUT2D eigenvalue weighted by atomic mass is 10.3. The Kier molecular flexibility index (Phi) is 4.51. The zero-order valence-electron chi connectivity index (χ0n) is 13.5. The molecule has 3 aromatic rings. The Labute approximate surface area is 139 Å². The lowest BCUT2D eigenvalue weighted by molar-refractivity contribution is 0.262. The number of hydrogen-bond donors (Lipinski definition) is 2.